The molecule has 94 valence electrons. The molecule has 1 rings (SSSR count). The van der Waals surface area contributed by atoms with Gasteiger partial charge in [-0.15, -0.1) is 0 Å². The quantitative estimate of drug-likeness (QED) is 0.713. The summed E-state index contributed by atoms with van der Waals surface area (Å²) in [5.74, 6) is 0. The minimum atomic E-state index is -0.285. The van der Waals surface area contributed by atoms with Crippen LogP contribution in [0.1, 0.15) is 31.9 Å². The number of nitrogens with zero attached hydrogens (tertiary/aromatic N) is 2. The summed E-state index contributed by atoms with van der Waals surface area (Å²) in [5, 5.41) is 0. The molecule has 4 heteroatoms. The maximum Gasteiger partial charge on any atom is 0.409 e. The third-order valence-electron chi connectivity index (χ3n) is 2.54. The summed E-state index contributed by atoms with van der Waals surface area (Å²) < 4.78 is 4.77. The third kappa shape index (κ3) is 4.85. The minimum absolute atomic E-state index is 0.285. The molecule has 0 saturated carbocycles. The van der Waals surface area contributed by atoms with Crippen molar-refractivity contribution >= 4 is 6.09 Å². The smallest absolute Gasteiger partial charge is 0.409 e. The van der Waals surface area contributed by atoms with Gasteiger partial charge in [0.1, 0.15) is 0 Å². The van der Waals surface area contributed by atoms with Gasteiger partial charge in [-0.2, -0.15) is 0 Å². The molecule has 0 unspecified atom stereocenters. The first-order valence-electron chi connectivity index (χ1n) is 6.00. The molecule has 0 N–H and O–H groups in total. The van der Waals surface area contributed by atoms with Crippen LogP contribution in [-0.2, 0) is 11.3 Å². The van der Waals surface area contributed by atoms with E-state index < -0.39 is 0 Å². The number of pyridine rings is 1. The number of amides is 1. The van der Waals surface area contributed by atoms with Crippen LogP contribution in [0, 0.1) is 0 Å². The minimum Gasteiger partial charge on any atom is -0.453 e. The van der Waals surface area contributed by atoms with Crippen molar-refractivity contribution in [2.24, 2.45) is 0 Å². The van der Waals surface area contributed by atoms with Gasteiger partial charge < -0.3 is 9.64 Å². The van der Waals surface area contributed by atoms with Crippen LogP contribution in [0.3, 0.4) is 0 Å². The average molecular weight is 236 g/mol. The molecule has 0 aliphatic carbocycles. The second kappa shape index (κ2) is 7.65. The van der Waals surface area contributed by atoms with Crippen LogP contribution in [-0.4, -0.2) is 29.6 Å². The molecule has 1 heterocycles. The first-order valence-corrected chi connectivity index (χ1v) is 6.00. The zero-order chi connectivity index (χ0) is 12.5. The predicted octanol–water partition coefficient (Wildman–Crippen LogP) is 2.84. The van der Waals surface area contributed by atoms with Crippen molar-refractivity contribution in [3.63, 3.8) is 0 Å². The Morgan fingerprint density at radius 2 is 2.24 bits per heavy atom. The predicted molar refractivity (Wildman–Crippen MR) is 66.6 cm³/mol. The Labute approximate surface area is 103 Å². The fraction of sp³-hybridized carbons (Fsp3) is 0.538. The number of hydrogen-bond donors (Lipinski definition) is 0. The monoisotopic (exact) mass is 236 g/mol. The molecule has 0 aliphatic heterocycles. The van der Waals surface area contributed by atoms with Crippen LogP contribution in [0.5, 0.6) is 0 Å². The molecule has 1 amide bonds. The van der Waals surface area contributed by atoms with Gasteiger partial charge in [0.05, 0.1) is 19.3 Å². The summed E-state index contributed by atoms with van der Waals surface area (Å²) in [6, 6.07) is 5.70. The van der Waals surface area contributed by atoms with Gasteiger partial charge >= 0.3 is 6.09 Å². The molecule has 0 atom stereocenters. The molecule has 0 fully saturated rings. The van der Waals surface area contributed by atoms with E-state index in [4.69, 9.17) is 4.74 Å². The summed E-state index contributed by atoms with van der Waals surface area (Å²) in [6.45, 7) is 3.37. The van der Waals surface area contributed by atoms with Gasteiger partial charge in [-0.1, -0.05) is 25.8 Å². The van der Waals surface area contributed by atoms with E-state index in [0.717, 1.165) is 31.5 Å². The number of carbonyl (C=O) groups is 1. The van der Waals surface area contributed by atoms with Crippen molar-refractivity contribution in [3.8, 4) is 0 Å². The Kier molecular flexibility index (Phi) is 6.07. The number of ether oxygens (including phenoxy) is 1. The van der Waals surface area contributed by atoms with Crippen molar-refractivity contribution in [2.75, 3.05) is 13.7 Å². The fourth-order valence-corrected chi connectivity index (χ4v) is 1.60. The largest absolute Gasteiger partial charge is 0.453 e. The number of unbranched alkanes of at least 4 members (excludes halogenated alkanes) is 2. The van der Waals surface area contributed by atoms with Gasteiger partial charge in [0.15, 0.2) is 0 Å². The van der Waals surface area contributed by atoms with Gasteiger partial charge in [0.25, 0.3) is 0 Å². The maximum atomic E-state index is 11.6. The topological polar surface area (TPSA) is 42.4 Å². The molecule has 0 spiro atoms. The SMILES string of the molecule is CCCCCN(Cc1ccccn1)C(=O)OC. The van der Waals surface area contributed by atoms with Crippen molar-refractivity contribution in [2.45, 2.75) is 32.7 Å². The molecule has 17 heavy (non-hydrogen) atoms. The van der Waals surface area contributed by atoms with Crippen molar-refractivity contribution in [3.05, 3.63) is 30.1 Å². The Balaban J connectivity index is 2.54. The van der Waals surface area contributed by atoms with Crippen molar-refractivity contribution < 1.29 is 9.53 Å². The summed E-state index contributed by atoms with van der Waals surface area (Å²) in [7, 11) is 1.41. The second-order valence-corrected chi connectivity index (χ2v) is 3.92. The van der Waals surface area contributed by atoms with E-state index in [1.807, 2.05) is 18.2 Å². The first-order chi connectivity index (χ1) is 8.27. The van der Waals surface area contributed by atoms with Crippen LogP contribution in [0.2, 0.25) is 0 Å². The summed E-state index contributed by atoms with van der Waals surface area (Å²) in [6.07, 6.45) is 4.70. The van der Waals surface area contributed by atoms with E-state index >= 15 is 0 Å². The third-order valence-corrected chi connectivity index (χ3v) is 2.54. The second-order valence-electron chi connectivity index (χ2n) is 3.92. The highest BCUT2D eigenvalue weighted by Crippen LogP contribution is 2.06. The van der Waals surface area contributed by atoms with Gasteiger partial charge in [-0.3, -0.25) is 4.98 Å². The number of rotatable bonds is 6. The summed E-state index contributed by atoms with van der Waals surface area (Å²) >= 11 is 0. The van der Waals surface area contributed by atoms with Crippen LogP contribution in [0.15, 0.2) is 24.4 Å². The zero-order valence-corrected chi connectivity index (χ0v) is 10.6. The lowest BCUT2D eigenvalue weighted by atomic mass is 10.2. The van der Waals surface area contributed by atoms with Crippen LogP contribution < -0.4 is 0 Å². The van der Waals surface area contributed by atoms with Gasteiger partial charge in [0.2, 0.25) is 0 Å². The van der Waals surface area contributed by atoms with Crippen molar-refractivity contribution in [1.29, 1.82) is 0 Å². The number of aromatic nitrogens is 1. The highest BCUT2D eigenvalue weighted by Gasteiger charge is 2.13. The molecule has 0 aliphatic rings. The standard InChI is InChI=1S/C13H20N2O2/c1-3-4-7-10-15(13(16)17-2)11-12-8-5-6-9-14-12/h5-6,8-9H,3-4,7,10-11H2,1-2H3. The van der Waals surface area contributed by atoms with Crippen molar-refractivity contribution in [1.82, 2.24) is 9.88 Å². The van der Waals surface area contributed by atoms with E-state index in [0.29, 0.717) is 6.54 Å². The number of methoxy groups -OCH3 is 1. The van der Waals surface area contributed by atoms with E-state index in [2.05, 4.69) is 11.9 Å². The first kappa shape index (κ1) is 13.5. The Morgan fingerprint density at radius 1 is 1.41 bits per heavy atom. The Bertz CT molecular complexity index is 327. The van der Waals surface area contributed by atoms with E-state index in [1.54, 1.807) is 11.1 Å². The van der Waals surface area contributed by atoms with Gasteiger partial charge in [0, 0.05) is 12.7 Å². The zero-order valence-electron chi connectivity index (χ0n) is 10.6. The van der Waals surface area contributed by atoms with Gasteiger partial charge in [-0.25, -0.2) is 4.79 Å². The number of carbonyl (C=O) groups excluding carboxylic acids is 1. The lowest BCUT2D eigenvalue weighted by Crippen LogP contribution is -2.31. The maximum absolute atomic E-state index is 11.6. The Hall–Kier alpha value is -1.58. The lowest BCUT2D eigenvalue weighted by molar-refractivity contribution is 0.119. The fourth-order valence-electron chi connectivity index (χ4n) is 1.60. The summed E-state index contributed by atoms with van der Waals surface area (Å²) in [5.41, 5.74) is 0.884. The average Bonchev–Trinajstić information content (AvgIpc) is 2.38. The molecular formula is C13H20N2O2. The summed E-state index contributed by atoms with van der Waals surface area (Å²) in [4.78, 5) is 17.5. The number of hydrogen-bond acceptors (Lipinski definition) is 3. The highest BCUT2D eigenvalue weighted by atomic mass is 16.5. The van der Waals surface area contributed by atoms with Gasteiger partial charge in [-0.05, 0) is 18.6 Å². The molecule has 0 saturated heterocycles. The normalized spacial score (nSPS) is 10.0. The molecule has 4 nitrogen and oxygen atoms in total. The van der Waals surface area contributed by atoms with Crippen LogP contribution >= 0.6 is 0 Å². The van der Waals surface area contributed by atoms with E-state index in [-0.39, 0.29) is 6.09 Å². The van der Waals surface area contributed by atoms with E-state index in [9.17, 15) is 4.79 Å². The molecule has 0 bridgehead atoms. The van der Waals surface area contributed by atoms with Crippen LogP contribution in [0.4, 0.5) is 4.79 Å². The lowest BCUT2D eigenvalue weighted by Gasteiger charge is -2.20. The van der Waals surface area contributed by atoms with Crippen LogP contribution in [0.25, 0.3) is 0 Å². The molecule has 1 aromatic rings. The molecule has 0 radical (unpaired) electrons. The molecule has 0 aromatic carbocycles. The van der Waals surface area contributed by atoms with E-state index in [1.165, 1.54) is 7.11 Å². The highest BCUT2D eigenvalue weighted by molar-refractivity contribution is 5.67. The molecular weight excluding hydrogens is 216 g/mol. The Morgan fingerprint density at radius 3 is 2.82 bits per heavy atom. The molecule has 1 aromatic heterocycles.